The maximum atomic E-state index is 12.6. The lowest BCUT2D eigenvalue weighted by Crippen LogP contribution is -2.41. The van der Waals surface area contributed by atoms with Crippen LogP contribution in [0.15, 0.2) is 47.4 Å². The maximum Gasteiger partial charge on any atom is 0.416 e. The Hall–Kier alpha value is -2.79. The summed E-state index contributed by atoms with van der Waals surface area (Å²) in [6.07, 6.45) is -4.50. The van der Waals surface area contributed by atoms with E-state index in [-0.39, 0.29) is 16.3 Å². The summed E-state index contributed by atoms with van der Waals surface area (Å²) in [7, 11) is -1.33. The minimum Gasteiger partial charge on any atom is -0.493 e. The van der Waals surface area contributed by atoms with Gasteiger partial charge in [-0.15, -0.1) is 0 Å². The number of hydrogen-bond acceptors (Lipinski definition) is 5. The molecule has 0 aliphatic heterocycles. The van der Waals surface area contributed by atoms with E-state index in [1.54, 1.807) is 0 Å². The minimum absolute atomic E-state index is 0.0974. The number of carbonyl (C=O) groups excluding carboxylic acids is 1. The molecule has 0 saturated carbocycles. The number of halogens is 3. The average Bonchev–Trinajstić information content (AvgIpc) is 2.66. The Kier molecular flexibility index (Phi) is 6.75. The van der Waals surface area contributed by atoms with Gasteiger partial charge >= 0.3 is 6.18 Å². The van der Waals surface area contributed by atoms with Crippen LogP contribution in [-0.4, -0.2) is 34.6 Å². The van der Waals surface area contributed by atoms with Gasteiger partial charge in [0.25, 0.3) is 0 Å². The van der Waals surface area contributed by atoms with Gasteiger partial charge in [0.15, 0.2) is 11.5 Å². The van der Waals surface area contributed by atoms with E-state index in [0.717, 1.165) is 24.3 Å². The van der Waals surface area contributed by atoms with Crippen molar-refractivity contribution < 1.29 is 35.9 Å². The van der Waals surface area contributed by atoms with Crippen molar-refractivity contribution in [3.8, 4) is 11.5 Å². The summed E-state index contributed by atoms with van der Waals surface area (Å²) in [6, 6.07) is 6.51. The van der Waals surface area contributed by atoms with Gasteiger partial charge in [-0.1, -0.05) is 0 Å². The second-order valence-corrected chi connectivity index (χ2v) is 7.64. The van der Waals surface area contributed by atoms with Crippen LogP contribution in [0.2, 0.25) is 0 Å². The molecule has 0 unspecified atom stereocenters. The largest absolute Gasteiger partial charge is 0.493 e. The molecule has 0 saturated heterocycles. The number of amides is 1. The van der Waals surface area contributed by atoms with E-state index < -0.39 is 33.7 Å². The topological polar surface area (TPSA) is 93.7 Å². The normalized spacial score (nSPS) is 12.9. The Morgan fingerprint density at radius 3 is 2.10 bits per heavy atom. The molecule has 2 N–H and O–H groups in total. The third-order valence-corrected chi connectivity index (χ3v) is 5.41. The fourth-order valence-electron chi connectivity index (χ4n) is 2.33. The molecule has 29 heavy (non-hydrogen) atoms. The van der Waals surface area contributed by atoms with Crippen LogP contribution < -0.4 is 19.5 Å². The van der Waals surface area contributed by atoms with E-state index in [2.05, 4.69) is 10.0 Å². The molecule has 7 nitrogen and oxygen atoms in total. The van der Waals surface area contributed by atoms with Gasteiger partial charge in [0, 0.05) is 11.8 Å². The van der Waals surface area contributed by atoms with E-state index in [4.69, 9.17) is 9.47 Å². The van der Waals surface area contributed by atoms with Crippen molar-refractivity contribution in [1.82, 2.24) is 4.72 Å². The van der Waals surface area contributed by atoms with Crippen molar-refractivity contribution in [2.24, 2.45) is 0 Å². The number of hydrogen-bond donors (Lipinski definition) is 2. The molecule has 0 spiro atoms. The highest BCUT2D eigenvalue weighted by Gasteiger charge is 2.30. The summed E-state index contributed by atoms with van der Waals surface area (Å²) in [4.78, 5) is 12.1. The zero-order chi connectivity index (χ0) is 21.8. The first-order chi connectivity index (χ1) is 13.5. The van der Waals surface area contributed by atoms with Crippen molar-refractivity contribution in [1.29, 1.82) is 0 Å². The highest BCUT2D eigenvalue weighted by Crippen LogP contribution is 2.30. The molecule has 158 valence electrons. The van der Waals surface area contributed by atoms with Crippen LogP contribution in [0.1, 0.15) is 12.5 Å². The van der Waals surface area contributed by atoms with Crippen LogP contribution in [0.3, 0.4) is 0 Å². The van der Waals surface area contributed by atoms with Gasteiger partial charge in [0.2, 0.25) is 15.9 Å². The number of methoxy groups -OCH3 is 2. The van der Waals surface area contributed by atoms with Crippen molar-refractivity contribution >= 4 is 21.6 Å². The number of ether oxygens (including phenoxy) is 2. The number of anilines is 1. The van der Waals surface area contributed by atoms with Crippen molar-refractivity contribution in [2.75, 3.05) is 19.5 Å². The van der Waals surface area contributed by atoms with E-state index >= 15 is 0 Å². The zero-order valence-corrected chi connectivity index (χ0v) is 16.5. The van der Waals surface area contributed by atoms with Crippen LogP contribution in [-0.2, 0) is 21.0 Å². The quantitative estimate of drug-likeness (QED) is 0.702. The fourth-order valence-corrected chi connectivity index (χ4v) is 3.55. The van der Waals surface area contributed by atoms with E-state index in [1.807, 2.05) is 0 Å². The average molecular weight is 432 g/mol. The maximum absolute atomic E-state index is 12.6. The lowest BCUT2D eigenvalue weighted by atomic mass is 10.2. The summed E-state index contributed by atoms with van der Waals surface area (Å²) < 4.78 is 75.1. The molecule has 0 aliphatic rings. The fraction of sp³-hybridized carbons (Fsp3) is 0.278. The van der Waals surface area contributed by atoms with Crippen LogP contribution in [0, 0.1) is 0 Å². The minimum atomic E-state index is -4.50. The first-order valence-corrected chi connectivity index (χ1v) is 9.68. The summed E-state index contributed by atoms with van der Waals surface area (Å²) in [6.45, 7) is 1.30. The molecule has 0 aliphatic carbocycles. The van der Waals surface area contributed by atoms with Crippen molar-refractivity contribution in [3.63, 3.8) is 0 Å². The summed E-state index contributed by atoms with van der Waals surface area (Å²) in [5.74, 6) is -0.217. The first-order valence-electron chi connectivity index (χ1n) is 8.20. The molecule has 0 aromatic heterocycles. The van der Waals surface area contributed by atoms with Crippen LogP contribution >= 0.6 is 0 Å². The summed E-state index contributed by atoms with van der Waals surface area (Å²) in [5, 5.41) is 2.36. The van der Waals surface area contributed by atoms with Gasteiger partial charge < -0.3 is 14.8 Å². The zero-order valence-electron chi connectivity index (χ0n) is 15.7. The molecular formula is C18H19F3N2O5S. The third kappa shape index (κ3) is 5.61. The summed E-state index contributed by atoms with van der Waals surface area (Å²) in [5.41, 5.74) is -0.766. The van der Waals surface area contributed by atoms with Gasteiger partial charge in [-0.25, -0.2) is 8.42 Å². The van der Waals surface area contributed by atoms with Crippen molar-refractivity contribution in [3.05, 3.63) is 48.0 Å². The number of sulfonamides is 1. The molecule has 2 aromatic carbocycles. The van der Waals surface area contributed by atoms with Gasteiger partial charge in [0.1, 0.15) is 0 Å². The molecule has 1 atom stereocenters. The SMILES string of the molecule is COc1ccc(S(=O)(=O)N[C@@H](C)C(=O)Nc2ccc(C(F)(F)F)cc2)cc1OC. The molecule has 2 aromatic rings. The molecule has 0 radical (unpaired) electrons. The number of carbonyl (C=O) groups is 1. The third-order valence-electron chi connectivity index (χ3n) is 3.87. The lowest BCUT2D eigenvalue weighted by molar-refractivity contribution is -0.137. The predicted molar refractivity (Wildman–Crippen MR) is 99.4 cm³/mol. The number of rotatable bonds is 7. The predicted octanol–water partition coefficient (Wildman–Crippen LogP) is 3.03. The molecule has 0 heterocycles. The van der Waals surface area contributed by atoms with E-state index in [1.165, 1.54) is 39.3 Å². The molecule has 2 rings (SSSR count). The Morgan fingerprint density at radius 1 is 1.00 bits per heavy atom. The summed E-state index contributed by atoms with van der Waals surface area (Å²) >= 11 is 0. The second-order valence-electron chi connectivity index (χ2n) is 5.92. The second kappa shape index (κ2) is 8.70. The molecule has 11 heteroatoms. The molecular weight excluding hydrogens is 413 g/mol. The first kappa shape index (κ1) is 22.5. The molecule has 0 bridgehead atoms. The van der Waals surface area contributed by atoms with Crippen molar-refractivity contribution in [2.45, 2.75) is 24.0 Å². The van der Waals surface area contributed by atoms with E-state index in [9.17, 15) is 26.4 Å². The monoisotopic (exact) mass is 432 g/mol. The molecule has 1 amide bonds. The molecule has 0 fully saturated rings. The van der Waals surface area contributed by atoms with Gasteiger partial charge in [-0.05, 0) is 43.3 Å². The van der Waals surface area contributed by atoms with Gasteiger partial charge in [-0.2, -0.15) is 17.9 Å². The number of nitrogens with one attached hydrogen (secondary N) is 2. The van der Waals surface area contributed by atoms with Crippen LogP contribution in [0.4, 0.5) is 18.9 Å². The Balaban J connectivity index is 2.10. The highest BCUT2D eigenvalue weighted by molar-refractivity contribution is 7.89. The number of alkyl halides is 3. The van der Waals surface area contributed by atoms with Crippen LogP contribution in [0.5, 0.6) is 11.5 Å². The van der Waals surface area contributed by atoms with Gasteiger partial charge in [-0.3, -0.25) is 4.79 Å². The lowest BCUT2D eigenvalue weighted by Gasteiger charge is -2.16. The Labute approximate surface area is 165 Å². The van der Waals surface area contributed by atoms with Gasteiger partial charge in [0.05, 0.1) is 30.7 Å². The van der Waals surface area contributed by atoms with Crippen LogP contribution in [0.25, 0.3) is 0 Å². The smallest absolute Gasteiger partial charge is 0.416 e. The highest BCUT2D eigenvalue weighted by atomic mass is 32.2. The Bertz CT molecular complexity index is 976. The standard InChI is InChI=1S/C18H19F3N2O5S/c1-11(17(24)22-13-6-4-12(5-7-13)18(19,20)21)23-29(25,26)14-8-9-15(27-2)16(10-14)28-3/h4-11,23H,1-3H3,(H,22,24)/t11-/m0/s1. The Morgan fingerprint density at radius 2 is 1.59 bits per heavy atom. The number of benzene rings is 2. The van der Waals surface area contributed by atoms with E-state index in [0.29, 0.717) is 5.75 Å².